The van der Waals surface area contributed by atoms with Crippen LogP contribution in [0, 0.1) is 11.8 Å². The Labute approximate surface area is 137 Å². The molecule has 0 spiro atoms. The minimum atomic E-state index is -3.60. The molecule has 3 rings (SSSR count). The predicted octanol–water partition coefficient (Wildman–Crippen LogP) is 1.71. The Bertz CT molecular complexity index is 708. The summed E-state index contributed by atoms with van der Waals surface area (Å²) >= 11 is 0. The summed E-state index contributed by atoms with van der Waals surface area (Å²) in [6.07, 6.45) is 6.89. The van der Waals surface area contributed by atoms with Gasteiger partial charge in [-0.2, -0.15) is 4.31 Å². The summed E-state index contributed by atoms with van der Waals surface area (Å²) in [6.45, 7) is 2.72. The summed E-state index contributed by atoms with van der Waals surface area (Å²) < 4.78 is 29.4. The van der Waals surface area contributed by atoms with Crippen molar-refractivity contribution in [3.63, 3.8) is 0 Å². The highest BCUT2D eigenvalue weighted by molar-refractivity contribution is 7.89. The number of carbonyl (C=O) groups excluding carboxylic acids is 1. The number of rotatable bonds is 3. The molecule has 0 unspecified atom stereocenters. The van der Waals surface area contributed by atoms with Crippen LogP contribution in [0.15, 0.2) is 17.2 Å². The first kappa shape index (κ1) is 16.5. The molecular weight excluding hydrogens is 314 g/mol. The lowest BCUT2D eigenvalue weighted by molar-refractivity contribution is 0.0844. The van der Waals surface area contributed by atoms with Gasteiger partial charge in [-0.3, -0.25) is 4.79 Å². The van der Waals surface area contributed by atoms with Crippen LogP contribution >= 0.6 is 0 Å². The quantitative estimate of drug-likeness (QED) is 0.910. The summed E-state index contributed by atoms with van der Waals surface area (Å²) in [5.74, 6) is 0.223. The summed E-state index contributed by atoms with van der Waals surface area (Å²) in [7, 11) is -1.96. The van der Waals surface area contributed by atoms with Crippen LogP contribution in [0.2, 0.25) is 0 Å². The molecule has 1 saturated heterocycles. The second-order valence-electron chi connectivity index (χ2n) is 6.95. The van der Waals surface area contributed by atoms with Gasteiger partial charge >= 0.3 is 0 Å². The summed E-state index contributed by atoms with van der Waals surface area (Å²) in [6, 6.07) is 1.48. The van der Waals surface area contributed by atoms with Crippen LogP contribution in [0.3, 0.4) is 0 Å². The zero-order valence-electron chi connectivity index (χ0n) is 13.7. The first-order valence-corrected chi connectivity index (χ1v) is 9.74. The maximum atomic E-state index is 13.1. The van der Waals surface area contributed by atoms with E-state index in [1.165, 1.54) is 23.3 Å². The second-order valence-corrected chi connectivity index (χ2v) is 8.84. The van der Waals surface area contributed by atoms with E-state index in [4.69, 9.17) is 5.73 Å². The van der Waals surface area contributed by atoms with Gasteiger partial charge in [-0.15, -0.1) is 0 Å². The first-order valence-electron chi connectivity index (χ1n) is 8.30. The van der Waals surface area contributed by atoms with Gasteiger partial charge in [0.2, 0.25) is 10.0 Å². The molecule has 1 aliphatic carbocycles. The van der Waals surface area contributed by atoms with Gasteiger partial charge < -0.3 is 10.3 Å². The smallest absolute Gasteiger partial charge is 0.265 e. The fraction of sp³-hybridized carbons (Fsp3) is 0.688. The largest absolute Gasteiger partial charge is 0.364 e. The number of carbonyl (C=O) groups is 1. The fourth-order valence-electron chi connectivity index (χ4n) is 4.34. The third kappa shape index (κ3) is 2.80. The molecule has 2 heterocycles. The van der Waals surface area contributed by atoms with E-state index >= 15 is 0 Å². The molecule has 1 aromatic rings. The molecule has 6 nitrogen and oxygen atoms in total. The first-order chi connectivity index (χ1) is 10.8. The number of amides is 1. The van der Waals surface area contributed by atoms with Crippen molar-refractivity contribution < 1.29 is 13.2 Å². The molecule has 0 aromatic carbocycles. The van der Waals surface area contributed by atoms with Crippen LogP contribution < -0.4 is 5.73 Å². The molecule has 2 N–H and O–H groups in total. The van der Waals surface area contributed by atoms with Crippen LogP contribution in [-0.4, -0.2) is 35.8 Å². The molecule has 0 radical (unpaired) electrons. The average Bonchev–Trinajstić information content (AvgIpc) is 2.90. The fourth-order valence-corrected chi connectivity index (χ4v) is 6.23. The van der Waals surface area contributed by atoms with Crippen molar-refractivity contribution in [1.29, 1.82) is 0 Å². The van der Waals surface area contributed by atoms with Crippen LogP contribution in [0.1, 0.15) is 49.5 Å². The van der Waals surface area contributed by atoms with Gasteiger partial charge in [0.05, 0.1) is 0 Å². The van der Waals surface area contributed by atoms with Crippen molar-refractivity contribution in [2.45, 2.75) is 50.0 Å². The maximum absolute atomic E-state index is 13.1. The van der Waals surface area contributed by atoms with E-state index < -0.39 is 15.9 Å². The Morgan fingerprint density at radius 2 is 1.96 bits per heavy atom. The molecule has 1 aliphatic heterocycles. The third-order valence-corrected chi connectivity index (χ3v) is 7.29. The molecule has 7 heteroatoms. The van der Waals surface area contributed by atoms with E-state index in [1.807, 2.05) is 0 Å². The molecule has 23 heavy (non-hydrogen) atoms. The second kappa shape index (κ2) is 5.94. The number of nitrogens with zero attached hydrogens (tertiary/aromatic N) is 2. The van der Waals surface area contributed by atoms with Gasteiger partial charge in [0, 0.05) is 25.8 Å². The zero-order chi connectivity index (χ0) is 16.8. The zero-order valence-corrected chi connectivity index (χ0v) is 14.6. The molecule has 3 atom stereocenters. The maximum Gasteiger partial charge on any atom is 0.265 e. The van der Waals surface area contributed by atoms with Gasteiger partial charge in [0.25, 0.3) is 5.91 Å². The van der Waals surface area contributed by atoms with Crippen LogP contribution in [0.4, 0.5) is 0 Å². The molecule has 1 saturated carbocycles. The topological polar surface area (TPSA) is 85.4 Å². The van der Waals surface area contributed by atoms with Crippen LogP contribution in [-0.2, 0) is 17.1 Å². The van der Waals surface area contributed by atoms with Crippen LogP contribution in [0.25, 0.3) is 0 Å². The SMILES string of the molecule is C[C@@H]1CCC[C@H]2CCCN(S(=O)(=O)c3cc(C(N)=O)n(C)c3)[C@@H]21. The van der Waals surface area contributed by atoms with E-state index in [0.717, 1.165) is 25.7 Å². The minimum absolute atomic E-state index is 0.0831. The van der Waals surface area contributed by atoms with Gasteiger partial charge in [0.1, 0.15) is 10.6 Å². The molecule has 0 bridgehead atoms. The van der Waals surface area contributed by atoms with Crippen molar-refractivity contribution >= 4 is 15.9 Å². The van der Waals surface area contributed by atoms with Gasteiger partial charge in [0.15, 0.2) is 0 Å². The Hall–Kier alpha value is -1.34. The van der Waals surface area contributed by atoms with Crippen molar-refractivity contribution in [3.8, 4) is 0 Å². The lowest BCUT2D eigenvalue weighted by atomic mass is 9.74. The van der Waals surface area contributed by atoms with Gasteiger partial charge in [-0.25, -0.2) is 8.42 Å². The van der Waals surface area contributed by atoms with Crippen molar-refractivity contribution in [3.05, 3.63) is 18.0 Å². The summed E-state index contributed by atoms with van der Waals surface area (Å²) in [5, 5.41) is 0. The number of hydrogen-bond acceptors (Lipinski definition) is 3. The monoisotopic (exact) mass is 339 g/mol. The summed E-state index contributed by atoms with van der Waals surface area (Å²) in [4.78, 5) is 11.6. The van der Waals surface area contributed by atoms with E-state index in [1.54, 1.807) is 11.4 Å². The normalized spacial score (nSPS) is 29.2. The van der Waals surface area contributed by atoms with E-state index in [-0.39, 0.29) is 16.6 Å². The number of fused-ring (bicyclic) bond motifs is 1. The van der Waals surface area contributed by atoms with Crippen molar-refractivity contribution in [1.82, 2.24) is 8.87 Å². The number of aryl methyl sites for hydroxylation is 1. The Balaban J connectivity index is 1.98. The number of aromatic nitrogens is 1. The number of sulfonamides is 1. The Kier molecular flexibility index (Phi) is 4.27. The summed E-state index contributed by atoms with van der Waals surface area (Å²) in [5.41, 5.74) is 5.53. The van der Waals surface area contributed by atoms with E-state index in [9.17, 15) is 13.2 Å². The highest BCUT2D eigenvalue weighted by atomic mass is 32.2. The molecule has 2 fully saturated rings. The number of piperidine rings is 1. The predicted molar refractivity (Wildman–Crippen MR) is 87.3 cm³/mol. The van der Waals surface area contributed by atoms with Crippen molar-refractivity contribution in [2.75, 3.05) is 6.54 Å². The van der Waals surface area contributed by atoms with E-state index in [2.05, 4.69) is 6.92 Å². The van der Waals surface area contributed by atoms with Crippen molar-refractivity contribution in [2.24, 2.45) is 24.6 Å². The highest BCUT2D eigenvalue weighted by Gasteiger charge is 2.43. The number of hydrogen-bond donors (Lipinski definition) is 1. The Morgan fingerprint density at radius 1 is 1.26 bits per heavy atom. The van der Waals surface area contributed by atoms with E-state index in [0.29, 0.717) is 18.4 Å². The highest BCUT2D eigenvalue weighted by Crippen LogP contribution is 2.41. The lowest BCUT2D eigenvalue weighted by Gasteiger charge is -2.46. The number of nitrogens with two attached hydrogens (primary N) is 1. The molecule has 1 amide bonds. The van der Waals surface area contributed by atoms with Gasteiger partial charge in [-0.1, -0.05) is 13.3 Å². The number of primary amides is 1. The molecule has 128 valence electrons. The molecule has 1 aromatic heterocycles. The molecule has 2 aliphatic rings. The average molecular weight is 339 g/mol. The lowest BCUT2D eigenvalue weighted by Crippen LogP contribution is -2.52. The van der Waals surface area contributed by atoms with Crippen LogP contribution in [0.5, 0.6) is 0 Å². The Morgan fingerprint density at radius 3 is 2.61 bits per heavy atom. The minimum Gasteiger partial charge on any atom is -0.364 e. The standard InChI is InChI=1S/C16H25N3O3S/c1-11-5-3-6-12-7-4-8-19(15(11)12)23(21,22)13-9-14(16(17)20)18(2)10-13/h9-12,15H,3-8H2,1-2H3,(H2,17,20)/t11-,12+,15-/m1/s1. The van der Waals surface area contributed by atoms with Gasteiger partial charge in [-0.05, 0) is 43.6 Å². The molecular formula is C16H25N3O3S. The third-order valence-electron chi connectivity index (χ3n) is 5.43.